The van der Waals surface area contributed by atoms with E-state index in [4.69, 9.17) is 65.8 Å². The van der Waals surface area contributed by atoms with Gasteiger partial charge in [-0.1, -0.05) is 23.2 Å². The van der Waals surface area contributed by atoms with Crippen molar-refractivity contribution in [2.24, 2.45) is 0 Å². The van der Waals surface area contributed by atoms with Gasteiger partial charge in [-0.2, -0.15) is 0 Å². The summed E-state index contributed by atoms with van der Waals surface area (Å²) in [5.41, 5.74) is -0.707. The van der Waals surface area contributed by atoms with Gasteiger partial charge in [0.15, 0.2) is 5.75 Å². The average Bonchev–Trinajstić information content (AvgIpc) is 3.21. The Morgan fingerprint density at radius 3 is 2.20 bits per heavy atom. The number of esters is 1. The molecule has 6 rings (SSSR count). The topological polar surface area (TPSA) is 164 Å². The van der Waals surface area contributed by atoms with Crippen LogP contribution >= 0.6 is 23.2 Å². The van der Waals surface area contributed by atoms with Crippen LogP contribution in [0.25, 0.3) is 0 Å². The number of nitrogens with zero attached hydrogens (tertiary/aromatic N) is 1. The van der Waals surface area contributed by atoms with Gasteiger partial charge in [0.1, 0.15) is 5.02 Å². The van der Waals surface area contributed by atoms with Crippen LogP contribution in [0.3, 0.4) is 0 Å². The zero-order valence-corrected chi connectivity index (χ0v) is 37.4. The van der Waals surface area contributed by atoms with E-state index in [9.17, 15) is 20.0 Å². The van der Waals surface area contributed by atoms with Crippen molar-refractivity contribution in [3.05, 3.63) is 97.5 Å². The number of carbonyl (C=O) groups excluding carboxylic acids is 1. The van der Waals surface area contributed by atoms with Crippen molar-refractivity contribution >= 4 is 48.6 Å². The van der Waals surface area contributed by atoms with Crippen LogP contribution in [0.4, 0.5) is 4.39 Å². The monoisotopic (exact) mass is 945 g/mol. The molecule has 3 aromatic carbocycles. The summed E-state index contributed by atoms with van der Waals surface area (Å²) in [6, 6.07) is 19.1. The maximum atomic E-state index is 16.0. The first kappa shape index (κ1) is 46.4. The van der Waals surface area contributed by atoms with Gasteiger partial charge in [-0.15, -0.1) is 0 Å². The molecule has 60 heavy (non-hydrogen) atoms. The quantitative estimate of drug-likeness (QED) is 0.0783. The van der Waals surface area contributed by atoms with Crippen LogP contribution < -0.4 is 9.20 Å². The summed E-state index contributed by atoms with van der Waals surface area (Å²) in [4.78, 5) is 25.4. The molecular formula is C42H50Cl2FNO13Se. The normalized spacial score (nSPS) is 33.2. The Bertz CT molecular complexity index is 1960. The zero-order chi connectivity index (χ0) is 43.5. The number of phenolic OH excluding ortho intramolecular Hbond substituents is 1. The second-order valence-corrected chi connectivity index (χ2v) is 18.6. The average molecular weight is 946 g/mol. The molecule has 3 aliphatic heterocycles. The van der Waals surface area contributed by atoms with E-state index in [1.54, 1.807) is 20.8 Å². The summed E-state index contributed by atoms with van der Waals surface area (Å²) >= 11 is 12.2. The molecule has 328 valence electrons. The van der Waals surface area contributed by atoms with Crippen LogP contribution in [-0.4, -0.2) is 118 Å². The van der Waals surface area contributed by atoms with Gasteiger partial charge < -0.3 is 14.6 Å². The van der Waals surface area contributed by atoms with E-state index >= 15 is 4.39 Å². The van der Waals surface area contributed by atoms with Gasteiger partial charge >= 0.3 is 281 Å². The Kier molecular flexibility index (Phi) is 15.4. The number of ether oxygens (including phenoxy) is 9. The van der Waals surface area contributed by atoms with Crippen molar-refractivity contribution in [3.8, 4) is 11.5 Å². The van der Waals surface area contributed by atoms with Crippen LogP contribution in [0.1, 0.15) is 62.0 Å². The third-order valence-corrected chi connectivity index (χ3v) is 14.7. The molecule has 3 heterocycles. The first-order valence-corrected chi connectivity index (χ1v) is 22.1. The zero-order valence-electron chi connectivity index (χ0n) is 34.2. The molecular weight excluding hydrogens is 895 g/mol. The van der Waals surface area contributed by atoms with E-state index in [1.807, 2.05) is 60.7 Å². The summed E-state index contributed by atoms with van der Waals surface area (Å²) in [5, 5.41) is 22.5. The van der Waals surface area contributed by atoms with Crippen molar-refractivity contribution in [2.45, 2.75) is 132 Å². The third-order valence-electron chi connectivity index (χ3n) is 11.1. The first-order chi connectivity index (χ1) is 28.6. The van der Waals surface area contributed by atoms with Gasteiger partial charge in [-0.3, -0.25) is 10.1 Å². The number of benzene rings is 3. The molecule has 14 nitrogen and oxygen atoms in total. The van der Waals surface area contributed by atoms with Crippen molar-refractivity contribution in [2.75, 3.05) is 14.2 Å². The van der Waals surface area contributed by atoms with Gasteiger partial charge in [0, 0.05) is 7.11 Å². The molecule has 0 aliphatic carbocycles. The summed E-state index contributed by atoms with van der Waals surface area (Å²) in [6.07, 6.45) is -11.3. The van der Waals surface area contributed by atoms with Crippen LogP contribution in [0, 0.1) is 17.0 Å². The van der Waals surface area contributed by atoms with E-state index in [1.165, 1.54) is 28.1 Å². The summed E-state index contributed by atoms with van der Waals surface area (Å²) in [5.74, 6) is -1.55. The molecule has 3 fully saturated rings. The Morgan fingerprint density at radius 2 is 1.57 bits per heavy atom. The molecule has 0 radical (unpaired) electrons. The minimum absolute atomic E-state index is 0.0746. The number of hydrogen-bond acceptors (Lipinski definition) is 13. The summed E-state index contributed by atoms with van der Waals surface area (Å²) in [6.45, 7) is 8.15. The minimum atomic E-state index is -1.65. The van der Waals surface area contributed by atoms with Gasteiger partial charge in [0.25, 0.3) is 0 Å². The molecule has 0 saturated carbocycles. The molecule has 0 bridgehead atoms. The summed E-state index contributed by atoms with van der Waals surface area (Å²) in [7, 11) is 2.65. The molecule has 3 aromatic rings. The maximum absolute atomic E-state index is 16.0. The molecule has 3 saturated heterocycles. The van der Waals surface area contributed by atoms with Gasteiger partial charge in [-0.25, -0.2) is 0 Å². The molecule has 0 amide bonds. The molecule has 1 unspecified atom stereocenters. The van der Waals surface area contributed by atoms with E-state index in [0.717, 1.165) is 10.0 Å². The number of hydrogen-bond donors (Lipinski definition) is 1. The van der Waals surface area contributed by atoms with Crippen molar-refractivity contribution in [1.29, 1.82) is 0 Å². The second-order valence-electron chi connectivity index (χ2n) is 15.3. The standard InChI is InChI=1S/C42H50Cl2FNO13Se/c1-21-30(36(51-6)32(44)33(47)31(21)43)41(48)59-34-22(2)54-28(18-27(34)57-29-19-42(5,46(49)50)39(52-7)24(4)55-29)58-35-23(3)56-40(45)38(60-26-16-12-9-13-17-26)37(35)53-20-25-14-10-8-11-15-25/h8-17,22-24,27-29,34-35,37-40,47H,18-20H2,1-7H3/t22-,23-,24+,27-,28+,29+,34-,35-,37+,38+,39+,40?,42+/m1/s1. The first-order valence-electron chi connectivity index (χ1n) is 19.5. The molecule has 0 aromatic heterocycles. The molecule has 18 heteroatoms. The number of alkyl halides is 1. The number of aromatic hydroxyl groups is 1. The van der Waals surface area contributed by atoms with Crippen LogP contribution in [-0.2, 0) is 44.5 Å². The third kappa shape index (κ3) is 9.90. The van der Waals surface area contributed by atoms with Gasteiger partial charge in [0.05, 0.1) is 12.1 Å². The predicted octanol–water partition coefficient (Wildman–Crippen LogP) is 6.75. The Hall–Kier alpha value is -3.12. The fourth-order valence-electron chi connectivity index (χ4n) is 8.06. The van der Waals surface area contributed by atoms with Gasteiger partial charge in [0.2, 0.25) is 0 Å². The van der Waals surface area contributed by atoms with E-state index in [2.05, 4.69) is 0 Å². The number of methoxy groups -OCH3 is 2. The number of carbonyl (C=O) groups is 1. The summed E-state index contributed by atoms with van der Waals surface area (Å²) < 4.78 is 72.3. The Balaban J connectivity index is 1.31. The van der Waals surface area contributed by atoms with Crippen LogP contribution in [0.5, 0.6) is 11.5 Å². The van der Waals surface area contributed by atoms with Gasteiger partial charge in [-0.05, 0) is 6.92 Å². The Labute approximate surface area is 364 Å². The molecule has 13 atom stereocenters. The predicted molar refractivity (Wildman–Crippen MR) is 219 cm³/mol. The second kappa shape index (κ2) is 19.9. The van der Waals surface area contributed by atoms with Crippen molar-refractivity contribution in [3.63, 3.8) is 0 Å². The van der Waals surface area contributed by atoms with E-state index in [0.29, 0.717) is 0 Å². The fourth-order valence-corrected chi connectivity index (χ4v) is 11.0. The number of halogens is 3. The fraction of sp³-hybridized carbons (Fsp3) is 0.548. The SMILES string of the molecule is COc1c(Cl)c(O)c(Cl)c(C)c1C(=O)O[C@@H]1[C@@H](C)O[C@@H](O[C@H]2[C@H](OCc3ccccc3)[C@H]([Se]c3ccccc3)C(F)O[C@@H]2C)C[C@H]1O[C@H]1C[C@](C)([N+](=O)[O-])[C@@H](OC)[C@H](C)O1. The van der Waals surface area contributed by atoms with E-state index in [-0.39, 0.29) is 46.4 Å². The number of rotatable bonds is 14. The van der Waals surface area contributed by atoms with Crippen molar-refractivity contribution < 1.29 is 61.8 Å². The number of nitro groups is 1. The molecule has 3 aliphatic rings. The number of phenols is 1. The van der Waals surface area contributed by atoms with E-state index < -0.39 is 110 Å². The molecule has 1 N–H and O–H groups in total. The van der Waals surface area contributed by atoms with Crippen LogP contribution in [0.15, 0.2) is 60.7 Å². The van der Waals surface area contributed by atoms with Crippen molar-refractivity contribution in [1.82, 2.24) is 0 Å². The van der Waals surface area contributed by atoms with Crippen LogP contribution in [0.2, 0.25) is 14.9 Å². The molecule has 0 spiro atoms. The Morgan fingerprint density at radius 1 is 0.933 bits per heavy atom.